The van der Waals surface area contributed by atoms with Crippen molar-refractivity contribution in [1.82, 2.24) is 5.32 Å². The number of methoxy groups -OCH3 is 1. The van der Waals surface area contributed by atoms with Crippen LogP contribution in [0.4, 0.5) is 0 Å². The summed E-state index contributed by atoms with van der Waals surface area (Å²) in [6.07, 6.45) is 4.61. The van der Waals surface area contributed by atoms with Gasteiger partial charge in [-0.2, -0.15) is 0 Å². The second-order valence-electron chi connectivity index (χ2n) is 3.65. The summed E-state index contributed by atoms with van der Waals surface area (Å²) in [7, 11) is 1.46. The van der Waals surface area contributed by atoms with E-state index in [9.17, 15) is 4.79 Å². The molecule has 3 heteroatoms. The molecule has 0 radical (unpaired) electrons. The lowest BCUT2D eigenvalue weighted by Gasteiger charge is -2.14. The molecule has 13 heavy (non-hydrogen) atoms. The molecule has 1 atom stereocenters. The van der Waals surface area contributed by atoms with E-state index in [0.29, 0.717) is 5.92 Å². The topological polar surface area (TPSA) is 38.3 Å². The summed E-state index contributed by atoms with van der Waals surface area (Å²) >= 11 is 0. The lowest BCUT2D eigenvalue weighted by Crippen LogP contribution is -2.39. The monoisotopic (exact) mass is 185 g/mol. The largest absolute Gasteiger partial charge is 0.468 e. The van der Waals surface area contributed by atoms with Crippen LogP contribution in [0.25, 0.3) is 0 Å². The van der Waals surface area contributed by atoms with Gasteiger partial charge in [-0.05, 0) is 31.7 Å². The van der Waals surface area contributed by atoms with Gasteiger partial charge in [0.2, 0.25) is 0 Å². The lowest BCUT2D eigenvalue weighted by atomic mass is 10.2. The maximum Gasteiger partial charge on any atom is 0.323 e. The summed E-state index contributed by atoms with van der Waals surface area (Å²) in [5.41, 5.74) is 0. The van der Waals surface area contributed by atoms with Gasteiger partial charge in [0.05, 0.1) is 7.11 Å². The summed E-state index contributed by atoms with van der Waals surface area (Å²) in [4.78, 5) is 11.3. The van der Waals surface area contributed by atoms with Crippen molar-refractivity contribution in [2.75, 3.05) is 13.7 Å². The minimum absolute atomic E-state index is 0.0449. The van der Waals surface area contributed by atoms with Crippen molar-refractivity contribution >= 4 is 5.97 Å². The van der Waals surface area contributed by atoms with E-state index in [1.807, 2.05) is 0 Å². The fraction of sp³-hybridized carbons (Fsp3) is 0.900. The highest BCUT2D eigenvalue weighted by atomic mass is 16.5. The molecule has 0 aromatic rings. The maximum atomic E-state index is 11.3. The van der Waals surface area contributed by atoms with Crippen LogP contribution in [0.15, 0.2) is 0 Å². The standard InChI is InChI=1S/C10H19NO2/c1-3-4-7-11-9(8-5-6-8)10(12)13-2/h8-9,11H,3-7H2,1-2H3. The second-order valence-corrected chi connectivity index (χ2v) is 3.65. The van der Waals surface area contributed by atoms with E-state index in [4.69, 9.17) is 4.74 Å². The van der Waals surface area contributed by atoms with E-state index in [0.717, 1.165) is 19.4 Å². The molecule has 0 bridgehead atoms. The van der Waals surface area contributed by atoms with E-state index >= 15 is 0 Å². The number of ether oxygens (including phenoxy) is 1. The van der Waals surface area contributed by atoms with Crippen LogP contribution in [0.2, 0.25) is 0 Å². The Morgan fingerprint density at radius 1 is 1.62 bits per heavy atom. The molecule has 1 fully saturated rings. The molecule has 76 valence electrons. The van der Waals surface area contributed by atoms with Crippen LogP contribution >= 0.6 is 0 Å². The van der Waals surface area contributed by atoms with Crippen molar-refractivity contribution in [2.45, 2.75) is 38.6 Å². The zero-order valence-electron chi connectivity index (χ0n) is 8.51. The molecule has 1 saturated carbocycles. The third-order valence-electron chi connectivity index (χ3n) is 2.44. The number of nitrogens with one attached hydrogen (secondary N) is 1. The van der Waals surface area contributed by atoms with Crippen LogP contribution in [0.3, 0.4) is 0 Å². The minimum Gasteiger partial charge on any atom is -0.468 e. The average molecular weight is 185 g/mol. The van der Waals surface area contributed by atoms with Gasteiger partial charge < -0.3 is 10.1 Å². The van der Waals surface area contributed by atoms with E-state index in [-0.39, 0.29) is 12.0 Å². The molecule has 1 rings (SSSR count). The second kappa shape index (κ2) is 5.22. The first-order chi connectivity index (χ1) is 6.29. The van der Waals surface area contributed by atoms with E-state index in [1.165, 1.54) is 20.0 Å². The van der Waals surface area contributed by atoms with Gasteiger partial charge >= 0.3 is 5.97 Å². The van der Waals surface area contributed by atoms with Gasteiger partial charge in [0.25, 0.3) is 0 Å². The Morgan fingerprint density at radius 3 is 2.77 bits per heavy atom. The van der Waals surface area contributed by atoms with Gasteiger partial charge in [-0.1, -0.05) is 13.3 Å². The number of carbonyl (C=O) groups excluding carboxylic acids is 1. The SMILES string of the molecule is CCCCNC(C(=O)OC)C1CC1. The van der Waals surface area contributed by atoms with Crippen molar-refractivity contribution in [3.05, 3.63) is 0 Å². The zero-order chi connectivity index (χ0) is 9.68. The normalized spacial score (nSPS) is 18.3. The number of rotatable bonds is 6. The molecule has 1 aliphatic carbocycles. The smallest absolute Gasteiger partial charge is 0.323 e. The molecule has 0 spiro atoms. The van der Waals surface area contributed by atoms with Gasteiger partial charge in [0.1, 0.15) is 6.04 Å². The van der Waals surface area contributed by atoms with Crippen molar-refractivity contribution in [3.8, 4) is 0 Å². The summed E-state index contributed by atoms with van der Waals surface area (Å²) in [5, 5.41) is 3.26. The number of hydrogen-bond acceptors (Lipinski definition) is 3. The number of hydrogen-bond donors (Lipinski definition) is 1. The van der Waals surface area contributed by atoms with E-state index in [2.05, 4.69) is 12.2 Å². The lowest BCUT2D eigenvalue weighted by molar-refractivity contribution is -0.143. The van der Waals surface area contributed by atoms with Gasteiger partial charge in [-0.25, -0.2) is 0 Å². The van der Waals surface area contributed by atoms with Crippen LogP contribution < -0.4 is 5.32 Å². The van der Waals surface area contributed by atoms with Crippen molar-refractivity contribution in [2.24, 2.45) is 5.92 Å². The molecule has 0 aromatic carbocycles. The molecule has 3 nitrogen and oxygen atoms in total. The number of esters is 1. The number of unbranched alkanes of at least 4 members (excludes halogenated alkanes) is 1. The van der Waals surface area contributed by atoms with Crippen LogP contribution in [0.1, 0.15) is 32.6 Å². The third-order valence-corrected chi connectivity index (χ3v) is 2.44. The first kappa shape index (κ1) is 10.5. The first-order valence-electron chi connectivity index (χ1n) is 5.10. The van der Waals surface area contributed by atoms with Crippen LogP contribution in [-0.2, 0) is 9.53 Å². The predicted molar refractivity (Wildman–Crippen MR) is 51.4 cm³/mol. The highest BCUT2D eigenvalue weighted by Crippen LogP contribution is 2.33. The molecule has 0 saturated heterocycles. The maximum absolute atomic E-state index is 11.3. The highest BCUT2D eigenvalue weighted by Gasteiger charge is 2.36. The molecular formula is C10H19NO2. The molecule has 1 unspecified atom stereocenters. The Bertz CT molecular complexity index is 166. The zero-order valence-corrected chi connectivity index (χ0v) is 8.51. The van der Waals surface area contributed by atoms with Gasteiger partial charge in [0.15, 0.2) is 0 Å². The van der Waals surface area contributed by atoms with Crippen molar-refractivity contribution in [1.29, 1.82) is 0 Å². The quantitative estimate of drug-likeness (QED) is 0.501. The Morgan fingerprint density at radius 2 is 2.31 bits per heavy atom. The molecule has 0 aliphatic heterocycles. The van der Waals surface area contributed by atoms with Gasteiger partial charge in [-0.3, -0.25) is 4.79 Å². The van der Waals surface area contributed by atoms with Gasteiger partial charge in [0, 0.05) is 0 Å². The van der Waals surface area contributed by atoms with Crippen molar-refractivity contribution in [3.63, 3.8) is 0 Å². The molecule has 0 heterocycles. The third kappa shape index (κ3) is 3.35. The van der Waals surface area contributed by atoms with Crippen LogP contribution in [0, 0.1) is 5.92 Å². The fourth-order valence-electron chi connectivity index (χ4n) is 1.43. The number of carbonyl (C=O) groups is 1. The molecular weight excluding hydrogens is 166 g/mol. The van der Waals surface area contributed by atoms with Gasteiger partial charge in [-0.15, -0.1) is 0 Å². The summed E-state index contributed by atoms with van der Waals surface area (Å²) in [6.45, 7) is 3.07. The molecule has 1 N–H and O–H groups in total. The molecule has 0 amide bonds. The van der Waals surface area contributed by atoms with Crippen LogP contribution in [0.5, 0.6) is 0 Å². The fourth-order valence-corrected chi connectivity index (χ4v) is 1.43. The Kier molecular flexibility index (Phi) is 4.22. The first-order valence-corrected chi connectivity index (χ1v) is 5.10. The Labute approximate surface area is 79.8 Å². The summed E-state index contributed by atoms with van der Waals surface area (Å²) < 4.78 is 4.74. The Hall–Kier alpha value is -0.570. The van der Waals surface area contributed by atoms with Crippen molar-refractivity contribution < 1.29 is 9.53 Å². The molecule has 0 aromatic heterocycles. The predicted octanol–water partition coefficient (Wildman–Crippen LogP) is 1.33. The average Bonchev–Trinajstić information content (AvgIpc) is 2.95. The van der Waals surface area contributed by atoms with E-state index in [1.54, 1.807) is 0 Å². The van der Waals surface area contributed by atoms with Crippen LogP contribution in [-0.4, -0.2) is 25.7 Å². The highest BCUT2D eigenvalue weighted by molar-refractivity contribution is 5.76. The van der Waals surface area contributed by atoms with E-state index < -0.39 is 0 Å². The minimum atomic E-state index is -0.0985. The summed E-state index contributed by atoms with van der Waals surface area (Å²) in [6, 6.07) is -0.0449. The molecule has 1 aliphatic rings. The summed E-state index contributed by atoms with van der Waals surface area (Å²) in [5.74, 6) is 0.433. The Balaban J connectivity index is 2.25.